The largest absolute Gasteiger partial charge is 0.333 e. The van der Waals surface area contributed by atoms with E-state index >= 15 is 0 Å². The molecular formula is C22H24N6O2. The first kappa shape index (κ1) is 22.3. The number of carbonyl (C=O) groups excluding carboxylic acids is 2. The second-order valence-corrected chi connectivity index (χ2v) is 6.99. The van der Waals surface area contributed by atoms with Crippen molar-refractivity contribution in [3.8, 4) is 6.07 Å². The van der Waals surface area contributed by atoms with E-state index < -0.39 is 11.4 Å². The number of aromatic nitrogens is 2. The molecule has 0 saturated carbocycles. The lowest BCUT2D eigenvalue weighted by molar-refractivity contribution is -0.118. The molecule has 0 fully saturated rings. The molecule has 0 radical (unpaired) electrons. The molecule has 8 nitrogen and oxygen atoms in total. The minimum absolute atomic E-state index is 0.0218. The maximum Gasteiger partial charge on any atom is 0.271 e. The SMILES string of the molecule is C=N/C(=C\C(=C/C)NC(=O)c1cnn(Cc2ccccc2)c1)C(=O)NC(C)(C)C#N. The highest BCUT2D eigenvalue weighted by Gasteiger charge is 2.21. The summed E-state index contributed by atoms with van der Waals surface area (Å²) in [6.07, 6.45) is 6.14. The average Bonchev–Trinajstić information content (AvgIpc) is 3.19. The third-order valence-corrected chi connectivity index (χ3v) is 4.05. The van der Waals surface area contributed by atoms with Crippen LogP contribution in [-0.4, -0.2) is 33.9 Å². The van der Waals surface area contributed by atoms with Gasteiger partial charge in [-0.3, -0.25) is 19.3 Å². The molecule has 0 aliphatic carbocycles. The van der Waals surface area contributed by atoms with E-state index in [1.54, 1.807) is 37.7 Å². The van der Waals surface area contributed by atoms with Gasteiger partial charge in [-0.15, -0.1) is 0 Å². The van der Waals surface area contributed by atoms with Crippen molar-refractivity contribution in [3.63, 3.8) is 0 Å². The Hall–Kier alpha value is -3.99. The van der Waals surface area contributed by atoms with Crippen LogP contribution >= 0.6 is 0 Å². The van der Waals surface area contributed by atoms with Crippen molar-refractivity contribution in [3.05, 3.63) is 77.4 Å². The average molecular weight is 404 g/mol. The molecule has 0 bridgehead atoms. The molecular weight excluding hydrogens is 380 g/mol. The summed E-state index contributed by atoms with van der Waals surface area (Å²) >= 11 is 0. The zero-order valence-electron chi connectivity index (χ0n) is 17.2. The number of rotatable bonds is 8. The quantitative estimate of drug-likeness (QED) is 0.400. The van der Waals surface area contributed by atoms with Gasteiger partial charge in [0.25, 0.3) is 11.8 Å². The Morgan fingerprint density at radius 1 is 1.33 bits per heavy atom. The predicted octanol–water partition coefficient (Wildman–Crippen LogP) is 2.57. The maximum atomic E-state index is 12.6. The first-order chi connectivity index (χ1) is 14.3. The fourth-order valence-corrected chi connectivity index (χ4v) is 2.44. The van der Waals surface area contributed by atoms with Gasteiger partial charge in [0.05, 0.1) is 24.4 Å². The molecule has 2 aromatic rings. The molecule has 2 N–H and O–H groups in total. The van der Waals surface area contributed by atoms with Gasteiger partial charge in [0.15, 0.2) is 0 Å². The summed E-state index contributed by atoms with van der Waals surface area (Å²) in [5.74, 6) is -0.944. The van der Waals surface area contributed by atoms with Crippen LogP contribution in [0.15, 0.2) is 71.3 Å². The van der Waals surface area contributed by atoms with Crippen molar-refractivity contribution in [2.75, 3.05) is 0 Å². The Kier molecular flexibility index (Phi) is 7.42. The van der Waals surface area contributed by atoms with E-state index in [9.17, 15) is 9.59 Å². The molecule has 30 heavy (non-hydrogen) atoms. The molecule has 8 heteroatoms. The van der Waals surface area contributed by atoms with Crippen LogP contribution in [0.4, 0.5) is 0 Å². The van der Waals surface area contributed by atoms with Crippen LogP contribution in [-0.2, 0) is 11.3 Å². The topological polar surface area (TPSA) is 112 Å². The standard InChI is InChI=1S/C22H24N6O2/c1-5-18(11-19(24-4)21(30)27-22(2,3)15-23)26-20(29)17-12-25-28(14-17)13-16-9-7-6-8-10-16/h5-12,14H,4,13H2,1-3H3,(H,26,29)(H,27,30)/b18-5+,19-11-. The second kappa shape index (κ2) is 9.98. The molecule has 0 atom stereocenters. The van der Waals surface area contributed by atoms with E-state index in [0.717, 1.165) is 5.56 Å². The minimum atomic E-state index is -1.06. The van der Waals surface area contributed by atoms with Crippen molar-refractivity contribution < 1.29 is 9.59 Å². The van der Waals surface area contributed by atoms with E-state index in [-0.39, 0.29) is 11.6 Å². The van der Waals surface area contributed by atoms with Gasteiger partial charge in [0.1, 0.15) is 11.2 Å². The molecule has 0 spiro atoms. The summed E-state index contributed by atoms with van der Waals surface area (Å²) in [5, 5.41) is 18.5. The second-order valence-electron chi connectivity index (χ2n) is 6.99. The van der Waals surface area contributed by atoms with Crippen LogP contribution in [0.5, 0.6) is 0 Å². The smallest absolute Gasteiger partial charge is 0.271 e. The van der Waals surface area contributed by atoms with Crippen molar-refractivity contribution in [1.82, 2.24) is 20.4 Å². The highest BCUT2D eigenvalue weighted by molar-refractivity contribution is 5.97. The van der Waals surface area contributed by atoms with Gasteiger partial charge < -0.3 is 10.6 Å². The normalized spacial score (nSPS) is 12.1. The zero-order chi connectivity index (χ0) is 22.1. The lowest BCUT2D eigenvalue weighted by Crippen LogP contribution is -2.42. The minimum Gasteiger partial charge on any atom is -0.333 e. The Labute approximate surface area is 175 Å². The highest BCUT2D eigenvalue weighted by atomic mass is 16.2. The third kappa shape index (κ3) is 6.27. The van der Waals surface area contributed by atoms with Gasteiger partial charge in [0.2, 0.25) is 0 Å². The maximum absolute atomic E-state index is 12.6. The van der Waals surface area contributed by atoms with E-state index in [1.165, 1.54) is 12.3 Å². The Bertz CT molecular complexity index is 1030. The number of benzene rings is 1. The molecule has 2 amide bonds. The van der Waals surface area contributed by atoms with Gasteiger partial charge in [-0.2, -0.15) is 10.4 Å². The fraction of sp³-hybridized carbons (Fsp3) is 0.227. The number of amides is 2. The Morgan fingerprint density at radius 2 is 2.03 bits per heavy atom. The van der Waals surface area contributed by atoms with E-state index in [1.807, 2.05) is 36.4 Å². The van der Waals surface area contributed by atoms with E-state index in [4.69, 9.17) is 5.26 Å². The Balaban J connectivity index is 2.09. The lowest BCUT2D eigenvalue weighted by Gasteiger charge is -2.17. The van der Waals surface area contributed by atoms with Gasteiger partial charge in [0, 0.05) is 11.9 Å². The molecule has 0 aliphatic rings. The number of carbonyl (C=O) groups is 2. The van der Waals surface area contributed by atoms with Crippen LogP contribution in [0, 0.1) is 11.3 Å². The van der Waals surface area contributed by atoms with Crippen LogP contribution < -0.4 is 10.6 Å². The molecule has 1 aromatic carbocycles. The summed E-state index contributed by atoms with van der Waals surface area (Å²) in [6.45, 7) is 8.78. The van der Waals surface area contributed by atoms with Gasteiger partial charge >= 0.3 is 0 Å². The van der Waals surface area contributed by atoms with Crippen LogP contribution in [0.1, 0.15) is 36.7 Å². The van der Waals surface area contributed by atoms with Crippen molar-refractivity contribution in [2.45, 2.75) is 32.9 Å². The van der Waals surface area contributed by atoms with E-state index in [2.05, 4.69) is 27.4 Å². The highest BCUT2D eigenvalue weighted by Crippen LogP contribution is 2.08. The number of nitrogens with one attached hydrogen (secondary N) is 2. The monoisotopic (exact) mass is 404 g/mol. The summed E-state index contributed by atoms with van der Waals surface area (Å²) < 4.78 is 1.67. The van der Waals surface area contributed by atoms with Crippen molar-refractivity contribution in [1.29, 1.82) is 5.26 Å². The van der Waals surface area contributed by atoms with Crippen molar-refractivity contribution >= 4 is 18.5 Å². The molecule has 1 aromatic heterocycles. The molecule has 154 valence electrons. The fourth-order valence-electron chi connectivity index (χ4n) is 2.44. The van der Waals surface area contributed by atoms with Gasteiger partial charge in [-0.25, -0.2) is 0 Å². The summed E-state index contributed by atoms with van der Waals surface area (Å²) in [5.41, 5.74) is 0.724. The number of aliphatic imine (C=N–C) groups is 1. The van der Waals surface area contributed by atoms with Gasteiger partial charge in [-0.1, -0.05) is 36.4 Å². The number of allylic oxidation sites excluding steroid dienone is 2. The molecule has 2 rings (SSSR count). The van der Waals surface area contributed by atoms with Crippen LogP contribution in [0.25, 0.3) is 0 Å². The first-order valence-electron chi connectivity index (χ1n) is 9.24. The number of hydrogen-bond donors (Lipinski definition) is 2. The number of hydrogen-bond acceptors (Lipinski definition) is 5. The zero-order valence-corrected chi connectivity index (χ0v) is 17.2. The third-order valence-electron chi connectivity index (χ3n) is 4.05. The number of nitriles is 1. The van der Waals surface area contributed by atoms with Crippen LogP contribution in [0.3, 0.4) is 0 Å². The molecule has 0 unspecified atom stereocenters. The lowest BCUT2D eigenvalue weighted by atomic mass is 10.1. The summed E-state index contributed by atoms with van der Waals surface area (Å²) in [7, 11) is 0. The summed E-state index contributed by atoms with van der Waals surface area (Å²) in [4.78, 5) is 28.6. The van der Waals surface area contributed by atoms with E-state index in [0.29, 0.717) is 17.8 Å². The Morgan fingerprint density at radius 3 is 2.63 bits per heavy atom. The number of nitrogens with zero attached hydrogens (tertiary/aromatic N) is 4. The predicted molar refractivity (Wildman–Crippen MR) is 114 cm³/mol. The first-order valence-corrected chi connectivity index (χ1v) is 9.24. The van der Waals surface area contributed by atoms with Crippen LogP contribution in [0.2, 0.25) is 0 Å². The molecule has 1 heterocycles. The van der Waals surface area contributed by atoms with Crippen molar-refractivity contribution in [2.24, 2.45) is 4.99 Å². The summed E-state index contributed by atoms with van der Waals surface area (Å²) in [6, 6.07) is 11.8. The van der Waals surface area contributed by atoms with Gasteiger partial charge in [-0.05, 0) is 39.1 Å². The molecule has 0 saturated heterocycles. The molecule has 0 aliphatic heterocycles.